The molecule has 1 aliphatic carbocycles. The largest absolute Gasteiger partial charge is 0.338 e. The molecule has 26 heavy (non-hydrogen) atoms. The van der Waals surface area contributed by atoms with Crippen molar-refractivity contribution in [3.05, 3.63) is 40.5 Å². The minimum atomic E-state index is 0.294. The van der Waals surface area contributed by atoms with Gasteiger partial charge in [0.05, 0.1) is 5.56 Å². The summed E-state index contributed by atoms with van der Waals surface area (Å²) >= 11 is 3.82. The number of likely N-dealkylation sites (tertiary alicyclic amines) is 1. The van der Waals surface area contributed by atoms with Crippen LogP contribution < -0.4 is 0 Å². The summed E-state index contributed by atoms with van der Waals surface area (Å²) in [7, 11) is 0. The minimum absolute atomic E-state index is 0.294. The third-order valence-corrected chi connectivity index (χ3v) is 8.85. The SMILES string of the molecule is O=C(c1c(-n2cccc2)sc2c1CCSC2)N1CC[C@H]2CCCC[C@@H]2C1. The van der Waals surface area contributed by atoms with Crippen LogP contribution in [0.2, 0.25) is 0 Å². The molecule has 5 heteroatoms. The van der Waals surface area contributed by atoms with Gasteiger partial charge in [0, 0.05) is 36.1 Å². The summed E-state index contributed by atoms with van der Waals surface area (Å²) in [6.07, 6.45) is 11.8. The van der Waals surface area contributed by atoms with E-state index in [4.69, 9.17) is 0 Å². The minimum Gasteiger partial charge on any atom is -0.338 e. The zero-order chi connectivity index (χ0) is 17.5. The number of nitrogens with zero attached hydrogens (tertiary/aromatic N) is 2. The van der Waals surface area contributed by atoms with Crippen molar-refractivity contribution in [2.24, 2.45) is 11.8 Å². The van der Waals surface area contributed by atoms with Gasteiger partial charge in [-0.15, -0.1) is 11.3 Å². The molecule has 2 aliphatic heterocycles. The molecule has 0 N–H and O–H groups in total. The van der Waals surface area contributed by atoms with Gasteiger partial charge in [0.25, 0.3) is 5.91 Å². The fourth-order valence-corrected chi connectivity index (χ4v) is 7.47. The van der Waals surface area contributed by atoms with Crippen molar-refractivity contribution in [3.8, 4) is 5.00 Å². The van der Waals surface area contributed by atoms with Gasteiger partial charge in [-0.05, 0) is 54.5 Å². The van der Waals surface area contributed by atoms with E-state index in [9.17, 15) is 4.79 Å². The lowest BCUT2D eigenvalue weighted by Crippen LogP contribution is -2.45. The quantitative estimate of drug-likeness (QED) is 0.727. The first-order valence-electron chi connectivity index (χ1n) is 9.96. The molecule has 0 radical (unpaired) electrons. The van der Waals surface area contributed by atoms with Crippen LogP contribution in [0, 0.1) is 11.8 Å². The second-order valence-electron chi connectivity index (χ2n) is 7.92. The topological polar surface area (TPSA) is 25.2 Å². The van der Waals surface area contributed by atoms with Gasteiger partial charge in [-0.1, -0.05) is 19.3 Å². The Kier molecular flexibility index (Phi) is 4.61. The predicted octanol–water partition coefficient (Wildman–Crippen LogP) is 4.98. The first kappa shape index (κ1) is 16.9. The highest BCUT2D eigenvalue weighted by Gasteiger charge is 2.36. The number of carbonyl (C=O) groups is 1. The van der Waals surface area contributed by atoms with Crippen molar-refractivity contribution in [2.45, 2.75) is 44.3 Å². The van der Waals surface area contributed by atoms with Gasteiger partial charge in [-0.25, -0.2) is 0 Å². The van der Waals surface area contributed by atoms with Gasteiger partial charge in [0.2, 0.25) is 0 Å². The Balaban J connectivity index is 1.49. The highest BCUT2D eigenvalue weighted by atomic mass is 32.2. The average Bonchev–Trinajstić information content (AvgIpc) is 3.34. The second-order valence-corrected chi connectivity index (χ2v) is 10.1. The number of amides is 1. The normalized spacial score (nSPS) is 25.6. The van der Waals surface area contributed by atoms with E-state index in [0.29, 0.717) is 5.91 Å². The molecular formula is C21H26N2OS2. The molecule has 0 unspecified atom stereocenters. The standard InChI is InChI=1S/C21H26N2OS2/c24-20(23-11-7-15-5-1-2-6-16(15)13-23)19-17-8-12-25-14-18(17)26-21(19)22-9-3-4-10-22/h3-4,9-10,15-16H,1-2,5-8,11-14H2/t15-,16-/m1/s1. The molecule has 2 atom stereocenters. The van der Waals surface area contributed by atoms with Crippen LogP contribution in [0.4, 0.5) is 0 Å². The Labute approximate surface area is 163 Å². The maximum atomic E-state index is 13.6. The Bertz CT molecular complexity index is 795. The zero-order valence-corrected chi connectivity index (χ0v) is 16.8. The molecular weight excluding hydrogens is 360 g/mol. The lowest BCUT2D eigenvalue weighted by Gasteiger charge is -2.41. The van der Waals surface area contributed by atoms with E-state index in [0.717, 1.165) is 53.4 Å². The summed E-state index contributed by atoms with van der Waals surface area (Å²) in [6.45, 7) is 1.93. The fraction of sp³-hybridized carbons (Fsp3) is 0.571. The maximum absolute atomic E-state index is 13.6. The molecule has 1 saturated carbocycles. The Morgan fingerprint density at radius 2 is 1.88 bits per heavy atom. The molecule has 0 bridgehead atoms. The Hall–Kier alpha value is -1.20. The maximum Gasteiger partial charge on any atom is 0.257 e. The summed E-state index contributed by atoms with van der Waals surface area (Å²) in [5.74, 6) is 4.10. The smallest absolute Gasteiger partial charge is 0.257 e. The first-order valence-corrected chi connectivity index (χ1v) is 11.9. The van der Waals surface area contributed by atoms with Gasteiger partial charge < -0.3 is 9.47 Å². The number of hydrogen-bond acceptors (Lipinski definition) is 3. The third kappa shape index (κ3) is 2.93. The zero-order valence-electron chi connectivity index (χ0n) is 15.2. The van der Waals surface area contributed by atoms with Gasteiger partial charge in [0.1, 0.15) is 5.00 Å². The Morgan fingerprint density at radius 3 is 2.73 bits per heavy atom. The number of aromatic nitrogens is 1. The number of rotatable bonds is 2. The molecule has 0 spiro atoms. The van der Waals surface area contributed by atoms with Crippen LogP contribution in [-0.4, -0.2) is 34.2 Å². The average molecular weight is 387 g/mol. The van der Waals surface area contributed by atoms with Crippen LogP contribution in [-0.2, 0) is 12.2 Å². The molecule has 138 valence electrons. The Morgan fingerprint density at radius 1 is 1.08 bits per heavy atom. The molecule has 2 fully saturated rings. The van der Waals surface area contributed by atoms with E-state index >= 15 is 0 Å². The van der Waals surface area contributed by atoms with Crippen LogP contribution in [0.15, 0.2) is 24.5 Å². The van der Waals surface area contributed by atoms with E-state index in [-0.39, 0.29) is 0 Å². The summed E-state index contributed by atoms with van der Waals surface area (Å²) in [5, 5.41) is 1.14. The van der Waals surface area contributed by atoms with Crippen LogP contribution in [0.5, 0.6) is 0 Å². The van der Waals surface area contributed by atoms with E-state index in [1.54, 1.807) is 0 Å². The second kappa shape index (κ2) is 7.08. The monoisotopic (exact) mass is 386 g/mol. The fourth-order valence-electron chi connectivity index (χ4n) is 5.03. The summed E-state index contributed by atoms with van der Waals surface area (Å²) in [6, 6.07) is 4.10. The first-order chi connectivity index (χ1) is 12.8. The summed E-state index contributed by atoms with van der Waals surface area (Å²) < 4.78 is 2.15. The van der Waals surface area contributed by atoms with Crippen molar-refractivity contribution < 1.29 is 4.79 Å². The molecule has 1 saturated heterocycles. The van der Waals surface area contributed by atoms with Crippen molar-refractivity contribution in [1.82, 2.24) is 9.47 Å². The lowest BCUT2D eigenvalue weighted by molar-refractivity contribution is 0.0520. The van der Waals surface area contributed by atoms with Gasteiger partial charge >= 0.3 is 0 Å². The van der Waals surface area contributed by atoms with Gasteiger partial charge in [0.15, 0.2) is 0 Å². The number of carbonyl (C=O) groups excluding carboxylic acids is 1. The number of fused-ring (bicyclic) bond motifs is 2. The molecule has 1 amide bonds. The van der Waals surface area contributed by atoms with Crippen molar-refractivity contribution >= 4 is 29.0 Å². The molecule has 4 heterocycles. The van der Waals surface area contributed by atoms with Crippen molar-refractivity contribution in [1.29, 1.82) is 0 Å². The number of hydrogen-bond donors (Lipinski definition) is 0. The number of thioether (sulfide) groups is 1. The van der Waals surface area contributed by atoms with E-state index < -0.39 is 0 Å². The van der Waals surface area contributed by atoms with Crippen LogP contribution >= 0.6 is 23.1 Å². The lowest BCUT2D eigenvalue weighted by atomic mass is 9.75. The van der Waals surface area contributed by atoms with Gasteiger partial charge in [-0.3, -0.25) is 4.79 Å². The van der Waals surface area contributed by atoms with Crippen LogP contribution in [0.3, 0.4) is 0 Å². The van der Waals surface area contributed by atoms with Crippen LogP contribution in [0.25, 0.3) is 5.00 Å². The molecule has 0 aromatic carbocycles. The predicted molar refractivity (Wildman–Crippen MR) is 109 cm³/mol. The summed E-state index contributed by atoms with van der Waals surface area (Å²) in [5.41, 5.74) is 2.35. The van der Waals surface area contributed by atoms with Crippen LogP contribution in [0.1, 0.15) is 52.9 Å². The third-order valence-electron chi connectivity index (χ3n) is 6.43. The summed E-state index contributed by atoms with van der Waals surface area (Å²) in [4.78, 5) is 17.2. The van der Waals surface area contributed by atoms with E-state index in [1.165, 1.54) is 42.5 Å². The van der Waals surface area contributed by atoms with E-state index in [1.807, 2.05) is 23.1 Å². The molecule has 3 aliphatic rings. The highest BCUT2D eigenvalue weighted by molar-refractivity contribution is 7.98. The molecule has 2 aromatic rings. The molecule has 3 nitrogen and oxygen atoms in total. The highest BCUT2D eigenvalue weighted by Crippen LogP contribution is 2.41. The van der Waals surface area contributed by atoms with Gasteiger partial charge in [-0.2, -0.15) is 11.8 Å². The van der Waals surface area contributed by atoms with Crippen molar-refractivity contribution in [3.63, 3.8) is 0 Å². The molecule has 2 aromatic heterocycles. The number of piperidine rings is 1. The van der Waals surface area contributed by atoms with E-state index in [2.05, 4.69) is 34.0 Å². The molecule has 5 rings (SSSR count). The number of thiophene rings is 1. The van der Waals surface area contributed by atoms with Crippen molar-refractivity contribution in [2.75, 3.05) is 18.8 Å².